The predicted octanol–water partition coefficient (Wildman–Crippen LogP) is 13.2. The van der Waals surface area contributed by atoms with Crippen LogP contribution < -0.4 is 21.6 Å². The van der Waals surface area contributed by atoms with Crippen molar-refractivity contribution < 1.29 is 0 Å². The summed E-state index contributed by atoms with van der Waals surface area (Å²) in [6, 6.07) is 67.3. The molecule has 0 amide bonds. The number of rotatable bonds is 3. The summed E-state index contributed by atoms with van der Waals surface area (Å²) in [6.45, 7) is 4.50. The molecule has 0 bridgehead atoms. The van der Waals surface area contributed by atoms with Crippen LogP contribution >= 0.6 is 0 Å². The van der Waals surface area contributed by atoms with E-state index in [0.717, 1.165) is 17.1 Å². The molecule has 0 atom stereocenters. The molecular formula is C56H38BN3. The van der Waals surface area contributed by atoms with E-state index in [1.54, 1.807) is 0 Å². The largest absolute Gasteiger partial charge is 0.399 e. The highest BCUT2D eigenvalue weighted by molar-refractivity contribution is 6.90. The van der Waals surface area contributed by atoms with E-state index in [9.17, 15) is 0 Å². The molecule has 0 unspecified atom stereocenters. The number of nitrogens with zero attached hydrogens (tertiary/aromatic N) is 2. The Morgan fingerprint density at radius 1 is 0.450 bits per heavy atom. The summed E-state index contributed by atoms with van der Waals surface area (Å²) < 4.78 is 2.66. The molecule has 2 aliphatic rings. The predicted molar refractivity (Wildman–Crippen MR) is 257 cm³/mol. The van der Waals surface area contributed by atoms with Gasteiger partial charge in [0.25, 0.3) is 0 Å². The first-order valence-electron chi connectivity index (χ1n) is 20.9. The molecule has 2 N–H and O–H groups in total. The fraction of sp³-hybridized carbons (Fsp3) is 0.0357. The van der Waals surface area contributed by atoms with Crippen molar-refractivity contribution in [1.29, 1.82) is 0 Å². The Morgan fingerprint density at radius 2 is 1.03 bits per heavy atom. The second-order valence-electron chi connectivity index (χ2n) is 16.7. The molecule has 3 heterocycles. The van der Waals surface area contributed by atoms with Gasteiger partial charge < -0.3 is 15.1 Å². The summed E-state index contributed by atoms with van der Waals surface area (Å²) in [5, 5.41) is 10.3. The monoisotopic (exact) mass is 763 g/mol. The zero-order chi connectivity index (χ0) is 39.8. The molecule has 0 radical (unpaired) electrons. The van der Waals surface area contributed by atoms with Crippen molar-refractivity contribution in [2.24, 2.45) is 0 Å². The van der Waals surface area contributed by atoms with Crippen LogP contribution in [-0.2, 0) is 0 Å². The number of aryl methyl sites for hydroxylation is 2. The molecule has 0 aliphatic carbocycles. The van der Waals surface area contributed by atoms with Crippen molar-refractivity contribution in [3.63, 3.8) is 0 Å². The molecule has 0 saturated carbocycles. The fourth-order valence-corrected chi connectivity index (χ4v) is 10.9. The molecule has 0 fully saturated rings. The van der Waals surface area contributed by atoms with Gasteiger partial charge in [0, 0.05) is 50.1 Å². The molecule has 3 nitrogen and oxygen atoms in total. The van der Waals surface area contributed by atoms with Gasteiger partial charge in [0.05, 0.1) is 0 Å². The number of nitrogen functional groups attached to an aromatic ring is 1. The van der Waals surface area contributed by atoms with E-state index in [2.05, 4.69) is 205 Å². The van der Waals surface area contributed by atoms with Gasteiger partial charge in [-0.25, -0.2) is 0 Å². The van der Waals surface area contributed by atoms with Crippen LogP contribution in [-0.4, -0.2) is 11.3 Å². The van der Waals surface area contributed by atoms with Crippen LogP contribution in [0.25, 0.3) is 87.5 Å². The number of para-hydroxylation sites is 1. The van der Waals surface area contributed by atoms with E-state index >= 15 is 0 Å². The molecule has 10 aromatic carbocycles. The quantitative estimate of drug-likeness (QED) is 0.110. The van der Waals surface area contributed by atoms with E-state index in [4.69, 9.17) is 5.73 Å². The van der Waals surface area contributed by atoms with Crippen molar-refractivity contribution in [3.05, 3.63) is 193 Å². The van der Waals surface area contributed by atoms with Gasteiger partial charge in [-0.1, -0.05) is 133 Å². The normalized spacial score (nSPS) is 12.8. The first-order chi connectivity index (χ1) is 29.5. The number of benzene rings is 10. The van der Waals surface area contributed by atoms with E-state index in [-0.39, 0.29) is 6.85 Å². The zero-order valence-corrected chi connectivity index (χ0v) is 33.4. The maximum Gasteiger partial charge on any atom is 0.333 e. The summed E-state index contributed by atoms with van der Waals surface area (Å²) in [7, 11) is 0. The van der Waals surface area contributed by atoms with Gasteiger partial charge in [-0.3, -0.25) is 0 Å². The van der Waals surface area contributed by atoms with E-state index in [1.807, 2.05) is 0 Å². The van der Waals surface area contributed by atoms with Crippen LogP contribution in [0.4, 0.5) is 22.7 Å². The molecule has 11 aromatic rings. The van der Waals surface area contributed by atoms with Crippen LogP contribution in [0.5, 0.6) is 0 Å². The Labute approximate surface area is 348 Å². The zero-order valence-electron chi connectivity index (χ0n) is 33.4. The Kier molecular flexibility index (Phi) is 6.81. The Hall–Kier alpha value is -7.56. The van der Waals surface area contributed by atoms with Crippen LogP contribution in [0, 0.1) is 13.8 Å². The summed E-state index contributed by atoms with van der Waals surface area (Å²) in [5.74, 6) is 0. The highest BCUT2D eigenvalue weighted by Crippen LogP contribution is 2.50. The van der Waals surface area contributed by atoms with Crippen LogP contribution in [0.15, 0.2) is 182 Å². The van der Waals surface area contributed by atoms with E-state index in [1.165, 1.54) is 115 Å². The summed E-state index contributed by atoms with van der Waals surface area (Å²) >= 11 is 0. The average Bonchev–Trinajstić information content (AvgIpc) is 3.65. The Balaban J connectivity index is 1.22. The number of hydrogen-bond acceptors (Lipinski definition) is 2. The molecular weight excluding hydrogens is 725 g/mol. The minimum atomic E-state index is -0.0978. The molecule has 0 saturated heterocycles. The smallest absolute Gasteiger partial charge is 0.333 e. The first-order valence-corrected chi connectivity index (χ1v) is 20.9. The van der Waals surface area contributed by atoms with Crippen LogP contribution in [0.2, 0.25) is 0 Å². The number of fused-ring (bicyclic) bond motifs is 11. The van der Waals surface area contributed by atoms with Crippen LogP contribution in [0.1, 0.15) is 11.1 Å². The molecule has 4 heteroatoms. The second kappa shape index (κ2) is 12.2. The third-order valence-electron chi connectivity index (χ3n) is 13.6. The van der Waals surface area contributed by atoms with Gasteiger partial charge in [0.15, 0.2) is 0 Å². The van der Waals surface area contributed by atoms with E-state index < -0.39 is 0 Å². The third-order valence-corrected chi connectivity index (χ3v) is 13.6. The summed E-state index contributed by atoms with van der Waals surface area (Å²) in [5.41, 5.74) is 26.1. The minimum Gasteiger partial charge on any atom is -0.399 e. The minimum absolute atomic E-state index is 0.0978. The van der Waals surface area contributed by atoms with Gasteiger partial charge in [-0.2, -0.15) is 0 Å². The lowest BCUT2D eigenvalue weighted by atomic mass is 9.45. The van der Waals surface area contributed by atoms with Gasteiger partial charge in [0.1, 0.15) is 0 Å². The highest BCUT2D eigenvalue weighted by atomic mass is 15.2. The first kappa shape index (κ1) is 33.4. The van der Waals surface area contributed by atoms with Gasteiger partial charge in [0.2, 0.25) is 0 Å². The maximum atomic E-state index is 7.13. The van der Waals surface area contributed by atoms with Crippen molar-refractivity contribution in [2.45, 2.75) is 13.8 Å². The topological polar surface area (TPSA) is 34.2 Å². The second-order valence-corrected chi connectivity index (χ2v) is 16.7. The molecule has 0 spiro atoms. The molecule has 2 aliphatic heterocycles. The van der Waals surface area contributed by atoms with Gasteiger partial charge in [-0.05, 0) is 145 Å². The standard InChI is InChI=1S/C56H38BN3/c1-33-42-20-11-12-21-43(42)34(2)47-32-52-50(31-46(33)47)57-55-48(49-28-37-19-9-10-22-44(37)54-45-23-13-14-24-51(45)60(57)56(49)54)29-40(58)30-53(55)59(52)41-26-38(35-15-5-3-6-16-35)25-39(27-41)36-17-7-4-8-18-36/h3-32H,58H2,1-2H3. The third kappa shape index (κ3) is 4.51. The molecule has 280 valence electrons. The molecule has 1 aromatic heterocycles. The Bertz CT molecular complexity index is 3580. The lowest BCUT2D eigenvalue weighted by molar-refractivity contribution is 1.26. The maximum absolute atomic E-state index is 7.13. The molecule has 60 heavy (non-hydrogen) atoms. The van der Waals surface area contributed by atoms with Crippen molar-refractivity contribution in [1.82, 2.24) is 4.48 Å². The van der Waals surface area contributed by atoms with Gasteiger partial charge >= 0.3 is 6.85 Å². The fourth-order valence-electron chi connectivity index (χ4n) is 10.9. The molecule has 13 rings (SSSR count). The van der Waals surface area contributed by atoms with Crippen LogP contribution in [0.3, 0.4) is 0 Å². The number of aromatic nitrogens is 1. The number of anilines is 4. The highest BCUT2D eigenvalue weighted by Gasteiger charge is 2.43. The Morgan fingerprint density at radius 3 is 1.72 bits per heavy atom. The van der Waals surface area contributed by atoms with E-state index in [0.29, 0.717) is 0 Å². The average molecular weight is 764 g/mol. The van der Waals surface area contributed by atoms with Crippen molar-refractivity contribution in [2.75, 3.05) is 10.6 Å². The summed E-state index contributed by atoms with van der Waals surface area (Å²) in [6.07, 6.45) is 0. The SMILES string of the molecule is Cc1c2ccccc2c(C)c2cc3c(cc12)B1c2c(cc(N)cc2N3c2cc(-c3ccccc3)cc(-c3ccccc3)c2)-c2cc3ccccc3c3c4ccccc4n1c23. The lowest BCUT2D eigenvalue weighted by Crippen LogP contribution is -2.56. The lowest BCUT2D eigenvalue weighted by Gasteiger charge is -2.41. The van der Waals surface area contributed by atoms with Gasteiger partial charge in [-0.15, -0.1) is 0 Å². The number of hydrogen-bond donors (Lipinski definition) is 1. The number of nitrogens with two attached hydrogens (primary N) is 1. The van der Waals surface area contributed by atoms with Crippen molar-refractivity contribution >= 4 is 94.6 Å². The van der Waals surface area contributed by atoms with Crippen molar-refractivity contribution in [3.8, 4) is 33.4 Å². The summed E-state index contributed by atoms with van der Waals surface area (Å²) in [4.78, 5) is 2.53.